The molecule has 7 N–H and O–H groups in total. The molecule has 2 aromatic carbocycles. The summed E-state index contributed by atoms with van der Waals surface area (Å²) in [5, 5.41) is 21.7. The number of nitrogens with two attached hydrogens (primary N) is 1. The molecule has 1 heterocycles. The molecule has 3 aromatic rings. The molecule has 0 aliphatic heterocycles. The molecule has 1 atom stereocenters. The molecule has 38 heavy (non-hydrogen) atoms. The second-order valence-electron chi connectivity index (χ2n) is 10.2. The number of fused-ring (bicyclic) bond motifs is 3. The fraction of sp³-hybridized carbons (Fsp3) is 0.321. The second-order valence-corrected chi connectivity index (χ2v) is 10.2. The van der Waals surface area contributed by atoms with E-state index in [9.17, 15) is 14.3 Å². The van der Waals surface area contributed by atoms with Gasteiger partial charge in [0.15, 0.2) is 11.6 Å². The van der Waals surface area contributed by atoms with E-state index in [0.29, 0.717) is 22.7 Å². The van der Waals surface area contributed by atoms with Crippen molar-refractivity contribution in [2.45, 2.75) is 50.3 Å². The van der Waals surface area contributed by atoms with Crippen LogP contribution < -0.4 is 27.0 Å². The first-order valence-electron chi connectivity index (χ1n) is 12.7. The lowest BCUT2D eigenvalue weighted by atomic mass is 9.57. The lowest BCUT2D eigenvalue weighted by molar-refractivity contribution is -0.131. The van der Waals surface area contributed by atoms with Gasteiger partial charge in [-0.2, -0.15) is 4.98 Å². The van der Waals surface area contributed by atoms with E-state index in [1.807, 2.05) is 18.2 Å². The van der Waals surface area contributed by atoms with Gasteiger partial charge in [0.2, 0.25) is 11.9 Å². The Balaban J connectivity index is 1.26. The van der Waals surface area contributed by atoms with Crippen LogP contribution in [0, 0.1) is 11.2 Å². The predicted octanol–water partition coefficient (Wildman–Crippen LogP) is 5.01. The highest BCUT2D eigenvalue weighted by atomic mass is 19.1. The van der Waals surface area contributed by atoms with Crippen LogP contribution in [0.5, 0.6) is 0 Å². The molecule has 1 amide bonds. The first-order valence-corrected chi connectivity index (χ1v) is 12.7. The van der Waals surface area contributed by atoms with Crippen LogP contribution in [-0.4, -0.2) is 32.7 Å². The summed E-state index contributed by atoms with van der Waals surface area (Å²) in [5.41, 5.74) is 8.46. The normalized spacial score (nSPS) is 22.8. The molecule has 3 aliphatic rings. The Hall–Kier alpha value is -4.02. The number of rotatable bonds is 9. The molecule has 1 unspecified atom stereocenters. The third kappa shape index (κ3) is 5.61. The van der Waals surface area contributed by atoms with Crippen LogP contribution in [-0.2, 0) is 4.79 Å². The van der Waals surface area contributed by atoms with E-state index in [0.717, 1.165) is 44.7 Å². The van der Waals surface area contributed by atoms with Crippen LogP contribution >= 0.6 is 0 Å². The molecule has 9 nitrogen and oxygen atoms in total. The van der Waals surface area contributed by atoms with Crippen molar-refractivity contribution in [1.29, 1.82) is 0 Å². The van der Waals surface area contributed by atoms with Crippen LogP contribution in [0.25, 0.3) is 0 Å². The number of aromatic nitrogens is 2. The van der Waals surface area contributed by atoms with E-state index in [2.05, 4.69) is 37.8 Å². The van der Waals surface area contributed by atoms with Crippen molar-refractivity contribution < 1.29 is 14.3 Å². The van der Waals surface area contributed by atoms with Crippen molar-refractivity contribution in [1.82, 2.24) is 9.97 Å². The number of nitrogens with zero attached hydrogens (tertiary/aromatic N) is 2. The van der Waals surface area contributed by atoms with Gasteiger partial charge in [0.25, 0.3) is 0 Å². The summed E-state index contributed by atoms with van der Waals surface area (Å²) in [6.07, 6.45) is 6.65. The van der Waals surface area contributed by atoms with Crippen molar-refractivity contribution in [3.63, 3.8) is 0 Å². The number of carbonyl (C=O) groups is 1. The minimum absolute atomic E-state index is 0.0157. The predicted molar refractivity (Wildman–Crippen MR) is 147 cm³/mol. The van der Waals surface area contributed by atoms with Crippen LogP contribution in [0.3, 0.4) is 0 Å². The zero-order valence-corrected chi connectivity index (χ0v) is 21.0. The van der Waals surface area contributed by atoms with E-state index in [4.69, 9.17) is 5.73 Å². The average molecular weight is 518 g/mol. The molecule has 0 saturated heterocycles. The first-order chi connectivity index (χ1) is 18.3. The molecule has 3 saturated carbocycles. The van der Waals surface area contributed by atoms with Crippen molar-refractivity contribution in [3.8, 4) is 0 Å². The number of nitrogens with one attached hydrogen (secondary N) is 4. The van der Waals surface area contributed by atoms with Gasteiger partial charge in [-0.15, -0.1) is 0 Å². The standard InChI is InChI=1S/C28H32FN7O2/c1-2-23(37)32-18-5-3-6-19(15-18)33-24-22(29)17-31-26(36-24)35-21-8-4-7-20(16-21)34-25(38)27-9-12-28(30,13-10-27)14-11-27/h2-8,15-17,23,32,37H,1,9-14,30H2,(H,34,38)(H2,31,33,35,36). The summed E-state index contributed by atoms with van der Waals surface area (Å²) >= 11 is 0. The molecular weight excluding hydrogens is 485 g/mol. The number of benzene rings is 2. The summed E-state index contributed by atoms with van der Waals surface area (Å²) in [5.74, 6) is -0.413. The Bertz CT molecular complexity index is 1320. The van der Waals surface area contributed by atoms with Crippen molar-refractivity contribution >= 4 is 40.4 Å². The van der Waals surface area contributed by atoms with E-state index in [1.165, 1.54) is 6.08 Å². The van der Waals surface area contributed by atoms with Gasteiger partial charge in [-0.25, -0.2) is 9.37 Å². The van der Waals surface area contributed by atoms with E-state index in [-0.39, 0.29) is 28.6 Å². The highest BCUT2D eigenvalue weighted by Gasteiger charge is 2.50. The van der Waals surface area contributed by atoms with Crippen LogP contribution in [0.15, 0.2) is 67.4 Å². The van der Waals surface area contributed by atoms with Gasteiger partial charge in [-0.3, -0.25) is 4.79 Å². The largest absolute Gasteiger partial charge is 0.370 e. The Morgan fingerprint density at radius 1 is 1.00 bits per heavy atom. The summed E-state index contributed by atoms with van der Waals surface area (Å²) in [4.78, 5) is 21.5. The number of hydrogen-bond donors (Lipinski definition) is 6. The molecule has 0 spiro atoms. The topological polar surface area (TPSA) is 137 Å². The van der Waals surface area contributed by atoms with E-state index >= 15 is 0 Å². The Kier molecular flexibility index (Phi) is 7.00. The van der Waals surface area contributed by atoms with Gasteiger partial charge in [0.1, 0.15) is 6.23 Å². The SMILES string of the molecule is C=CC(O)Nc1cccc(Nc2nc(Nc3cccc(NC(=O)C45CCC(N)(CC4)CC5)c3)ncc2F)c1. The molecule has 6 rings (SSSR count). The van der Waals surface area contributed by atoms with Crippen LogP contribution in [0.4, 0.5) is 38.9 Å². The van der Waals surface area contributed by atoms with Crippen molar-refractivity contribution in [3.05, 3.63) is 73.2 Å². The molecule has 10 heteroatoms. The third-order valence-electron chi connectivity index (χ3n) is 7.57. The zero-order chi connectivity index (χ0) is 26.8. The minimum Gasteiger partial charge on any atom is -0.370 e. The van der Waals surface area contributed by atoms with Gasteiger partial charge in [0, 0.05) is 33.7 Å². The van der Waals surface area contributed by atoms with E-state index in [1.54, 1.807) is 30.3 Å². The first kappa shape index (κ1) is 25.6. The maximum absolute atomic E-state index is 14.5. The molecule has 198 valence electrons. The minimum atomic E-state index is -0.909. The smallest absolute Gasteiger partial charge is 0.230 e. The second kappa shape index (κ2) is 10.4. The van der Waals surface area contributed by atoms with Gasteiger partial charge < -0.3 is 32.1 Å². The van der Waals surface area contributed by atoms with Gasteiger partial charge >= 0.3 is 0 Å². The third-order valence-corrected chi connectivity index (χ3v) is 7.57. The highest BCUT2D eigenvalue weighted by molar-refractivity contribution is 5.96. The van der Waals surface area contributed by atoms with Crippen molar-refractivity contribution in [2.24, 2.45) is 11.1 Å². The summed E-state index contributed by atoms with van der Waals surface area (Å²) < 4.78 is 14.5. The summed E-state index contributed by atoms with van der Waals surface area (Å²) in [7, 11) is 0. The summed E-state index contributed by atoms with van der Waals surface area (Å²) in [6, 6.07) is 14.2. The Labute approximate surface area is 220 Å². The fourth-order valence-electron chi connectivity index (χ4n) is 5.19. The number of anilines is 6. The number of amides is 1. The van der Waals surface area contributed by atoms with Crippen molar-refractivity contribution in [2.75, 3.05) is 21.3 Å². The molecule has 2 bridgehead atoms. The zero-order valence-electron chi connectivity index (χ0n) is 21.0. The van der Waals surface area contributed by atoms with Crippen LogP contribution in [0.2, 0.25) is 0 Å². The molecular formula is C28H32FN7O2. The van der Waals surface area contributed by atoms with Gasteiger partial charge in [0.05, 0.1) is 6.20 Å². The Morgan fingerprint density at radius 3 is 2.29 bits per heavy atom. The molecule has 3 fully saturated rings. The number of hydrogen-bond acceptors (Lipinski definition) is 8. The number of aliphatic hydroxyl groups excluding tert-OH is 1. The van der Waals surface area contributed by atoms with Crippen LogP contribution in [0.1, 0.15) is 38.5 Å². The van der Waals surface area contributed by atoms with Gasteiger partial charge in [-0.1, -0.05) is 18.7 Å². The lowest BCUT2D eigenvalue weighted by Gasteiger charge is -2.50. The summed E-state index contributed by atoms with van der Waals surface area (Å²) in [6.45, 7) is 3.53. The average Bonchev–Trinajstić information content (AvgIpc) is 2.91. The number of halogens is 1. The fourth-order valence-corrected chi connectivity index (χ4v) is 5.19. The molecule has 0 radical (unpaired) electrons. The molecule has 3 aliphatic carbocycles. The number of carbonyl (C=O) groups excluding carboxylic acids is 1. The maximum Gasteiger partial charge on any atom is 0.230 e. The Morgan fingerprint density at radius 2 is 1.61 bits per heavy atom. The maximum atomic E-state index is 14.5. The quantitative estimate of drug-likeness (QED) is 0.172. The van der Waals surface area contributed by atoms with E-state index < -0.39 is 12.0 Å². The highest BCUT2D eigenvalue weighted by Crippen LogP contribution is 2.51. The number of aliphatic hydroxyl groups is 1. The van der Waals surface area contributed by atoms with Gasteiger partial charge in [-0.05, 0) is 81.0 Å². The monoisotopic (exact) mass is 517 g/mol. The molecule has 1 aromatic heterocycles. The lowest BCUT2D eigenvalue weighted by Crippen LogP contribution is -2.55.